The molecule has 4 atom stereocenters. The largest absolute Gasteiger partial charge is 0.394 e. The number of hydrogen-bond donors (Lipinski definition) is 2. The normalized spacial score (nSPS) is 44.1. The Hall–Kier alpha value is -0.120. The van der Waals surface area contributed by atoms with Crippen LogP contribution < -0.4 is 5.32 Å². The SMILES string of the molecule is CNC1(CO)CCC(N2CCC(C)CC2C)C1. The lowest BCUT2D eigenvalue weighted by Crippen LogP contribution is -2.49. The molecule has 4 unspecified atom stereocenters. The van der Waals surface area contributed by atoms with Crippen molar-refractivity contribution >= 4 is 0 Å². The zero-order chi connectivity index (χ0) is 12.5. The quantitative estimate of drug-likeness (QED) is 0.787. The van der Waals surface area contributed by atoms with E-state index in [1.54, 1.807) is 0 Å². The van der Waals surface area contributed by atoms with Crippen molar-refractivity contribution in [3.63, 3.8) is 0 Å². The smallest absolute Gasteiger partial charge is 0.0613 e. The predicted octanol–water partition coefficient (Wildman–Crippen LogP) is 1.61. The van der Waals surface area contributed by atoms with Crippen molar-refractivity contribution in [2.75, 3.05) is 20.2 Å². The number of nitrogens with zero attached hydrogens (tertiary/aromatic N) is 1. The molecule has 0 aromatic heterocycles. The van der Waals surface area contributed by atoms with Crippen LogP contribution in [0.5, 0.6) is 0 Å². The highest BCUT2D eigenvalue weighted by Crippen LogP contribution is 2.36. The van der Waals surface area contributed by atoms with Gasteiger partial charge in [0.2, 0.25) is 0 Å². The molecular weight excluding hydrogens is 212 g/mol. The lowest BCUT2D eigenvalue weighted by atomic mass is 9.91. The Balaban J connectivity index is 1.96. The zero-order valence-electron chi connectivity index (χ0n) is 11.6. The maximum Gasteiger partial charge on any atom is 0.0613 e. The van der Waals surface area contributed by atoms with E-state index in [1.807, 2.05) is 7.05 Å². The summed E-state index contributed by atoms with van der Waals surface area (Å²) < 4.78 is 0. The van der Waals surface area contributed by atoms with E-state index >= 15 is 0 Å². The highest BCUT2D eigenvalue weighted by Gasteiger charge is 2.41. The van der Waals surface area contributed by atoms with Crippen LogP contribution in [0.1, 0.15) is 46.0 Å². The summed E-state index contributed by atoms with van der Waals surface area (Å²) in [6, 6.07) is 1.40. The van der Waals surface area contributed by atoms with E-state index in [0.717, 1.165) is 24.8 Å². The van der Waals surface area contributed by atoms with Crippen molar-refractivity contribution in [1.82, 2.24) is 10.2 Å². The number of rotatable bonds is 3. The molecule has 0 aromatic rings. The lowest BCUT2D eigenvalue weighted by molar-refractivity contribution is 0.0752. The van der Waals surface area contributed by atoms with Gasteiger partial charge in [-0.25, -0.2) is 0 Å². The van der Waals surface area contributed by atoms with E-state index in [2.05, 4.69) is 24.1 Å². The van der Waals surface area contributed by atoms with Crippen LogP contribution in [0, 0.1) is 5.92 Å². The highest BCUT2D eigenvalue weighted by atomic mass is 16.3. The summed E-state index contributed by atoms with van der Waals surface area (Å²) in [4.78, 5) is 2.69. The average Bonchev–Trinajstić information content (AvgIpc) is 2.74. The van der Waals surface area contributed by atoms with Crippen LogP contribution in [-0.2, 0) is 0 Å². The van der Waals surface area contributed by atoms with Gasteiger partial charge < -0.3 is 10.4 Å². The summed E-state index contributed by atoms with van der Waals surface area (Å²) in [6.45, 7) is 6.26. The molecule has 1 saturated heterocycles. The maximum absolute atomic E-state index is 9.56. The standard InChI is InChI=1S/C14H28N2O/c1-11-5-7-16(12(2)8-11)13-4-6-14(9-13,10-17)15-3/h11-13,15,17H,4-10H2,1-3H3. The molecule has 3 nitrogen and oxygen atoms in total. The number of aliphatic hydroxyl groups excluding tert-OH is 1. The Morgan fingerprint density at radius 3 is 2.65 bits per heavy atom. The first-order valence-corrected chi connectivity index (χ1v) is 7.16. The molecule has 1 aliphatic heterocycles. The first-order chi connectivity index (χ1) is 8.10. The third kappa shape index (κ3) is 2.67. The first kappa shape index (κ1) is 13.3. The third-order valence-corrected chi connectivity index (χ3v) is 5.07. The van der Waals surface area contributed by atoms with Gasteiger partial charge in [-0.2, -0.15) is 0 Å². The molecule has 100 valence electrons. The Morgan fingerprint density at radius 1 is 1.35 bits per heavy atom. The van der Waals surface area contributed by atoms with E-state index in [0.29, 0.717) is 6.04 Å². The van der Waals surface area contributed by atoms with Crippen molar-refractivity contribution in [3.8, 4) is 0 Å². The number of nitrogens with one attached hydrogen (secondary N) is 1. The van der Waals surface area contributed by atoms with Gasteiger partial charge in [-0.15, -0.1) is 0 Å². The molecule has 0 aromatic carbocycles. The van der Waals surface area contributed by atoms with Gasteiger partial charge in [0.25, 0.3) is 0 Å². The molecule has 1 saturated carbocycles. The van der Waals surface area contributed by atoms with Crippen LogP contribution in [0.3, 0.4) is 0 Å². The van der Waals surface area contributed by atoms with Gasteiger partial charge in [-0.05, 0) is 58.5 Å². The summed E-state index contributed by atoms with van der Waals surface area (Å²) in [5.74, 6) is 0.884. The molecule has 0 radical (unpaired) electrons. The van der Waals surface area contributed by atoms with Crippen LogP contribution in [0.15, 0.2) is 0 Å². The molecule has 1 aliphatic carbocycles. The van der Waals surface area contributed by atoms with Crippen LogP contribution >= 0.6 is 0 Å². The second kappa shape index (κ2) is 5.25. The maximum atomic E-state index is 9.56. The molecule has 1 heterocycles. The van der Waals surface area contributed by atoms with Crippen LogP contribution in [0.4, 0.5) is 0 Å². The minimum absolute atomic E-state index is 0.00650. The Labute approximate surface area is 106 Å². The monoisotopic (exact) mass is 240 g/mol. The summed E-state index contributed by atoms with van der Waals surface area (Å²) in [6.07, 6.45) is 6.14. The molecule has 17 heavy (non-hydrogen) atoms. The van der Waals surface area contributed by atoms with Gasteiger partial charge in [0.15, 0.2) is 0 Å². The minimum Gasteiger partial charge on any atom is -0.394 e. The minimum atomic E-state index is -0.00650. The van der Waals surface area contributed by atoms with E-state index in [9.17, 15) is 5.11 Å². The van der Waals surface area contributed by atoms with Gasteiger partial charge >= 0.3 is 0 Å². The Bertz CT molecular complexity index is 253. The van der Waals surface area contributed by atoms with E-state index < -0.39 is 0 Å². The summed E-state index contributed by atoms with van der Waals surface area (Å²) in [5, 5.41) is 12.9. The zero-order valence-corrected chi connectivity index (χ0v) is 11.6. The highest BCUT2D eigenvalue weighted by molar-refractivity contribution is 5.00. The van der Waals surface area contributed by atoms with Gasteiger partial charge in [0, 0.05) is 17.6 Å². The van der Waals surface area contributed by atoms with Crippen molar-refractivity contribution < 1.29 is 5.11 Å². The van der Waals surface area contributed by atoms with Crippen LogP contribution in [0.2, 0.25) is 0 Å². The van der Waals surface area contributed by atoms with Crippen molar-refractivity contribution in [1.29, 1.82) is 0 Å². The molecule has 0 bridgehead atoms. The lowest BCUT2D eigenvalue weighted by Gasteiger charge is -2.41. The van der Waals surface area contributed by atoms with Crippen molar-refractivity contribution in [2.45, 2.75) is 63.6 Å². The number of aliphatic hydroxyl groups is 1. The Kier molecular flexibility index (Phi) is 4.11. The topological polar surface area (TPSA) is 35.5 Å². The first-order valence-electron chi connectivity index (χ1n) is 7.16. The number of hydrogen-bond acceptors (Lipinski definition) is 3. The summed E-state index contributed by atoms with van der Waals surface area (Å²) >= 11 is 0. The number of likely N-dealkylation sites (tertiary alicyclic amines) is 1. The summed E-state index contributed by atoms with van der Waals surface area (Å²) in [5.41, 5.74) is -0.00650. The molecular formula is C14H28N2O. The fourth-order valence-electron chi connectivity index (χ4n) is 3.80. The molecule has 2 fully saturated rings. The van der Waals surface area contributed by atoms with Crippen molar-refractivity contribution in [3.05, 3.63) is 0 Å². The fraction of sp³-hybridized carbons (Fsp3) is 1.00. The second-order valence-electron chi connectivity index (χ2n) is 6.30. The molecule has 2 N–H and O–H groups in total. The third-order valence-electron chi connectivity index (χ3n) is 5.07. The van der Waals surface area contributed by atoms with Gasteiger partial charge in [0.1, 0.15) is 0 Å². The average molecular weight is 240 g/mol. The number of piperidine rings is 1. The fourth-order valence-corrected chi connectivity index (χ4v) is 3.80. The molecule has 0 amide bonds. The van der Waals surface area contributed by atoms with Gasteiger partial charge in [-0.1, -0.05) is 6.92 Å². The molecule has 3 heteroatoms. The van der Waals surface area contributed by atoms with E-state index in [-0.39, 0.29) is 12.1 Å². The molecule has 2 aliphatic rings. The van der Waals surface area contributed by atoms with E-state index in [1.165, 1.54) is 25.8 Å². The van der Waals surface area contributed by atoms with Crippen LogP contribution in [0.25, 0.3) is 0 Å². The number of likely N-dealkylation sites (N-methyl/N-ethyl adjacent to an activating group) is 1. The van der Waals surface area contributed by atoms with Crippen LogP contribution in [-0.4, -0.2) is 47.8 Å². The van der Waals surface area contributed by atoms with E-state index in [4.69, 9.17) is 0 Å². The van der Waals surface area contributed by atoms with Gasteiger partial charge in [0.05, 0.1) is 6.61 Å². The predicted molar refractivity (Wildman–Crippen MR) is 71.1 cm³/mol. The molecule has 0 spiro atoms. The Morgan fingerprint density at radius 2 is 2.12 bits per heavy atom. The summed E-state index contributed by atoms with van der Waals surface area (Å²) in [7, 11) is 1.99. The van der Waals surface area contributed by atoms with Crippen molar-refractivity contribution in [2.24, 2.45) is 5.92 Å². The van der Waals surface area contributed by atoms with Gasteiger partial charge in [-0.3, -0.25) is 4.90 Å². The second-order valence-corrected chi connectivity index (χ2v) is 6.30. The molecule has 2 rings (SSSR count).